The molecule has 0 heterocycles. The summed E-state index contributed by atoms with van der Waals surface area (Å²) in [6.07, 6.45) is 2.12. The fourth-order valence-corrected chi connectivity index (χ4v) is 1.41. The molecule has 82 valence electrons. The Balaban J connectivity index is 2.63. The van der Waals surface area contributed by atoms with E-state index in [4.69, 9.17) is 16.3 Å². The number of allylic oxidation sites excluding steroid dienone is 1. The van der Waals surface area contributed by atoms with Crippen molar-refractivity contribution < 1.29 is 4.74 Å². The lowest BCUT2D eigenvalue weighted by Gasteiger charge is -2.07. The molecule has 0 aliphatic rings. The predicted molar refractivity (Wildman–Crippen MR) is 65.9 cm³/mol. The zero-order valence-corrected chi connectivity index (χ0v) is 10.1. The first-order valence-corrected chi connectivity index (χ1v) is 5.22. The molecule has 0 saturated heterocycles. The van der Waals surface area contributed by atoms with Crippen LogP contribution in [0.5, 0.6) is 5.75 Å². The Bertz CT molecular complexity index is 357. The maximum Gasteiger partial charge on any atom is 0.137 e. The molecule has 0 bridgehead atoms. The lowest BCUT2D eigenvalue weighted by Crippen LogP contribution is -1.98. The number of nitrogens with one attached hydrogen (secondary N) is 1. The molecule has 0 aromatic heterocycles. The maximum atomic E-state index is 5.99. The molecule has 15 heavy (non-hydrogen) atoms. The number of rotatable bonds is 4. The fourth-order valence-electron chi connectivity index (χ4n) is 1.15. The van der Waals surface area contributed by atoms with Crippen LogP contribution in [0.4, 0.5) is 5.69 Å². The highest BCUT2D eigenvalue weighted by molar-refractivity contribution is 6.32. The minimum absolute atomic E-state index is 0.625. The van der Waals surface area contributed by atoms with Crippen LogP contribution in [0.15, 0.2) is 29.8 Å². The molecule has 0 spiro atoms. The number of benzene rings is 1. The van der Waals surface area contributed by atoms with E-state index in [0.717, 1.165) is 12.2 Å². The van der Waals surface area contributed by atoms with Gasteiger partial charge in [0.25, 0.3) is 0 Å². The Labute approximate surface area is 95.9 Å². The van der Waals surface area contributed by atoms with Gasteiger partial charge in [-0.05, 0) is 32.0 Å². The maximum absolute atomic E-state index is 5.99. The Morgan fingerprint density at radius 1 is 1.47 bits per heavy atom. The van der Waals surface area contributed by atoms with Crippen molar-refractivity contribution in [3.8, 4) is 5.75 Å². The molecule has 0 atom stereocenters. The average molecular weight is 226 g/mol. The van der Waals surface area contributed by atoms with Crippen LogP contribution in [0.25, 0.3) is 0 Å². The van der Waals surface area contributed by atoms with Gasteiger partial charge in [0.1, 0.15) is 5.75 Å². The third-order valence-electron chi connectivity index (χ3n) is 1.97. The summed E-state index contributed by atoms with van der Waals surface area (Å²) in [6.45, 7) is 4.95. The van der Waals surface area contributed by atoms with Crippen LogP contribution in [0.1, 0.15) is 13.8 Å². The van der Waals surface area contributed by atoms with Gasteiger partial charge in [0.2, 0.25) is 0 Å². The number of halogens is 1. The molecule has 2 nitrogen and oxygen atoms in total. The molecule has 0 radical (unpaired) electrons. The number of methoxy groups -OCH3 is 1. The number of hydrogen-bond acceptors (Lipinski definition) is 2. The molecule has 1 rings (SSSR count). The van der Waals surface area contributed by atoms with Crippen molar-refractivity contribution >= 4 is 17.3 Å². The third-order valence-corrected chi connectivity index (χ3v) is 2.26. The highest BCUT2D eigenvalue weighted by Crippen LogP contribution is 2.26. The molecule has 1 aromatic carbocycles. The van der Waals surface area contributed by atoms with Crippen LogP contribution in [0.2, 0.25) is 5.02 Å². The van der Waals surface area contributed by atoms with Crippen molar-refractivity contribution in [2.45, 2.75) is 13.8 Å². The van der Waals surface area contributed by atoms with Crippen molar-refractivity contribution in [3.05, 3.63) is 34.9 Å². The van der Waals surface area contributed by atoms with E-state index in [9.17, 15) is 0 Å². The second-order valence-electron chi connectivity index (χ2n) is 3.51. The summed E-state index contributed by atoms with van der Waals surface area (Å²) >= 11 is 5.99. The molecule has 3 heteroatoms. The summed E-state index contributed by atoms with van der Waals surface area (Å²) in [7, 11) is 1.61. The van der Waals surface area contributed by atoms with Crippen molar-refractivity contribution in [2.24, 2.45) is 0 Å². The number of anilines is 1. The molecule has 0 fully saturated rings. The van der Waals surface area contributed by atoms with Crippen LogP contribution in [-0.4, -0.2) is 13.7 Å². The van der Waals surface area contributed by atoms with E-state index < -0.39 is 0 Å². The topological polar surface area (TPSA) is 21.3 Å². The summed E-state index contributed by atoms with van der Waals surface area (Å²) in [5, 5.41) is 3.88. The van der Waals surface area contributed by atoms with Gasteiger partial charge in [0, 0.05) is 12.2 Å². The van der Waals surface area contributed by atoms with Gasteiger partial charge in [0.15, 0.2) is 0 Å². The van der Waals surface area contributed by atoms with E-state index in [0.29, 0.717) is 10.8 Å². The van der Waals surface area contributed by atoms with Gasteiger partial charge in [-0.3, -0.25) is 0 Å². The number of ether oxygens (including phenoxy) is 1. The van der Waals surface area contributed by atoms with E-state index in [1.165, 1.54) is 5.57 Å². The smallest absolute Gasteiger partial charge is 0.137 e. The van der Waals surface area contributed by atoms with Crippen molar-refractivity contribution in [1.29, 1.82) is 0 Å². The van der Waals surface area contributed by atoms with Gasteiger partial charge < -0.3 is 10.1 Å². The Hall–Kier alpha value is -1.15. The zero-order chi connectivity index (χ0) is 11.3. The first-order chi connectivity index (χ1) is 7.13. The Kier molecular flexibility index (Phi) is 4.50. The zero-order valence-electron chi connectivity index (χ0n) is 9.30. The molecule has 0 aliphatic heterocycles. The molecular weight excluding hydrogens is 210 g/mol. The molecule has 0 saturated carbocycles. The summed E-state index contributed by atoms with van der Waals surface area (Å²) in [5.41, 5.74) is 2.29. The number of hydrogen-bond donors (Lipinski definition) is 1. The fraction of sp³-hybridized carbons (Fsp3) is 0.333. The molecule has 0 amide bonds. The van der Waals surface area contributed by atoms with Crippen LogP contribution >= 0.6 is 11.6 Å². The van der Waals surface area contributed by atoms with Crippen molar-refractivity contribution in [2.75, 3.05) is 19.0 Å². The van der Waals surface area contributed by atoms with Gasteiger partial charge in [-0.25, -0.2) is 0 Å². The van der Waals surface area contributed by atoms with E-state index in [2.05, 4.69) is 25.2 Å². The van der Waals surface area contributed by atoms with E-state index in [1.807, 2.05) is 18.2 Å². The van der Waals surface area contributed by atoms with Crippen LogP contribution in [-0.2, 0) is 0 Å². The van der Waals surface area contributed by atoms with Gasteiger partial charge in [0.05, 0.1) is 12.1 Å². The molecule has 1 N–H and O–H groups in total. The highest BCUT2D eigenvalue weighted by atomic mass is 35.5. The second kappa shape index (κ2) is 5.66. The minimum atomic E-state index is 0.625. The van der Waals surface area contributed by atoms with Crippen LogP contribution in [0, 0.1) is 0 Å². The van der Waals surface area contributed by atoms with Crippen molar-refractivity contribution in [3.63, 3.8) is 0 Å². The predicted octanol–water partition coefficient (Wildman–Crippen LogP) is 3.73. The summed E-state index contributed by atoms with van der Waals surface area (Å²) in [5.74, 6) is 0.699. The monoisotopic (exact) mass is 225 g/mol. The van der Waals surface area contributed by atoms with Gasteiger partial charge >= 0.3 is 0 Å². The van der Waals surface area contributed by atoms with Gasteiger partial charge in [-0.2, -0.15) is 0 Å². The molecule has 0 aliphatic carbocycles. The summed E-state index contributed by atoms with van der Waals surface area (Å²) in [4.78, 5) is 0. The Morgan fingerprint density at radius 3 is 2.73 bits per heavy atom. The molecule has 0 unspecified atom stereocenters. The van der Waals surface area contributed by atoms with Crippen molar-refractivity contribution in [1.82, 2.24) is 0 Å². The second-order valence-corrected chi connectivity index (χ2v) is 3.92. The third kappa shape index (κ3) is 3.84. The van der Waals surface area contributed by atoms with Crippen LogP contribution in [0.3, 0.4) is 0 Å². The normalized spacial score (nSPS) is 9.60. The lowest BCUT2D eigenvalue weighted by molar-refractivity contribution is 0.415. The van der Waals surface area contributed by atoms with E-state index in [1.54, 1.807) is 7.11 Å². The van der Waals surface area contributed by atoms with Gasteiger partial charge in [-0.1, -0.05) is 23.3 Å². The first kappa shape index (κ1) is 11.9. The van der Waals surface area contributed by atoms with E-state index >= 15 is 0 Å². The molecule has 1 aromatic rings. The first-order valence-electron chi connectivity index (χ1n) is 4.84. The van der Waals surface area contributed by atoms with Crippen LogP contribution < -0.4 is 10.1 Å². The SMILES string of the molecule is COc1ccc(NCC=C(C)C)cc1Cl. The summed E-state index contributed by atoms with van der Waals surface area (Å²) in [6, 6.07) is 5.66. The largest absolute Gasteiger partial charge is 0.495 e. The highest BCUT2D eigenvalue weighted by Gasteiger charge is 2.00. The standard InChI is InChI=1S/C12H16ClNO/c1-9(2)6-7-14-10-4-5-12(15-3)11(13)8-10/h4-6,8,14H,7H2,1-3H3. The van der Waals surface area contributed by atoms with Gasteiger partial charge in [-0.15, -0.1) is 0 Å². The Morgan fingerprint density at radius 2 is 2.20 bits per heavy atom. The lowest BCUT2D eigenvalue weighted by atomic mass is 10.3. The van der Waals surface area contributed by atoms with E-state index in [-0.39, 0.29) is 0 Å². The summed E-state index contributed by atoms with van der Waals surface area (Å²) < 4.78 is 5.07. The quantitative estimate of drug-likeness (QED) is 0.789. The average Bonchev–Trinajstić information content (AvgIpc) is 2.17. The molecular formula is C12H16ClNO. The minimum Gasteiger partial charge on any atom is -0.495 e.